The van der Waals surface area contributed by atoms with Crippen LogP contribution in [0.25, 0.3) is 0 Å². The maximum absolute atomic E-state index is 12.0. The van der Waals surface area contributed by atoms with Gasteiger partial charge < -0.3 is 4.74 Å². The molecule has 1 aromatic heterocycles. The van der Waals surface area contributed by atoms with E-state index in [4.69, 9.17) is 16.3 Å². The number of benzene rings is 1. The first-order valence-electron chi connectivity index (χ1n) is 6.70. The fourth-order valence-corrected chi connectivity index (χ4v) is 2.58. The molecule has 4 nitrogen and oxygen atoms in total. The topological polar surface area (TPSA) is 44.1 Å². The Labute approximate surface area is 122 Å². The third-order valence-electron chi connectivity index (χ3n) is 3.37. The number of nitrogens with zero attached hydrogens (tertiary/aromatic N) is 2. The molecule has 2 aromatic rings. The predicted molar refractivity (Wildman–Crippen MR) is 77.2 cm³/mol. The summed E-state index contributed by atoms with van der Waals surface area (Å²) in [5, 5.41) is 0.671. The van der Waals surface area contributed by atoms with Gasteiger partial charge in [0.1, 0.15) is 12.4 Å². The second kappa shape index (κ2) is 5.67. The lowest BCUT2D eigenvalue weighted by Gasteiger charge is -2.17. The number of aromatic nitrogens is 2. The van der Waals surface area contributed by atoms with Crippen LogP contribution in [0.4, 0.5) is 0 Å². The van der Waals surface area contributed by atoms with Crippen LogP contribution in [0.2, 0.25) is 5.02 Å². The van der Waals surface area contributed by atoms with E-state index in [1.54, 1.807) is 4.57 Å². The fourth-order valence-electron chi connectivity index (χ4n) is 2.37. The summed E-state index contributed by atoms with van der Waals surface area (Å²) in [7, 11) is 0. The molecule has 0 saturated carbocycles. The molecule has 20 heavy (non-hydrogen) atoms. The molecule has 0 atom stereocenters. The highest BCUT2D eigenvalue weighted by atomic mass is 35.5. The van der Waals surface area contributed by atoms with Crippen LogP contribution in [0.3, 0.4) is 0 Å². The van der Waals surface area contributed by atoms with Gasteiger partial charge in [0.05, 0.1) is 6.07 Å². The number of halogens is 1. The third kappa shape index (κ3) is 2.85. The minimum Gasteiger partial charge on any atom is -0.473 e. The Morgan fingerprint density at radius 1 is 1.30 bits per heavy atom. The van der Waals surface area contributed by atoms with Gasteiger partial charge >= 0.3 is 0 Å². The van der Waals surface area contributed by atoms with Crippen molar-refractivity contribution in [3.8, 4) is 5.88 Å². The first kappa shape index (κ1) is 13.2. The third-order valence-corrected chi connectivity index (χ3v) is 3.61. The Hall–Kier alpha value is -1.81. The minimum absolute atomic E-state index is 0.0317. The molecule has 0 unspecified atom stereocenters. The molecule has 1 aliphatic rings. The highest BCUT2D eigenvalue weighted by Crippen LogP contribution is 2.15. The Bertz CT molecular complexity index is 682. The second-order valence-corrected chi connectivity index (χ2v) is 5.31. The van der Waals surface area contributed by atoms with Crippen molar-refractivity contribution in [2.45, 2.75) is 32.4 Å². The van der Waals surface area contributed by atoms with E-state index in [2.05, 4.69) is 4.98 Å². The minimum atomic E-state index is -0.0317. The molecule has 0 bridgehead atoms. The zero-order valence-electron chi connectivity index (χ0n) is 11.0. The van der Waals surface area contributed by atoms with Gasteiger partial charge in [0.25, 0.3) is 5.56 Å². The van der Waals surface area contributed by atoms with Crippen molar-refractivity contribution in [1.82, 2.24) is 9.55 Å². The summed E-state index contributed by atoms with van der Waals surface area (Å²) in [6.07, 6.45) is 2.95. The van der Waals surface area contributed by atoms with Gasteiger partial charge in [-0.25, -0.2) is 0 Å². The van der Waals surface area contributed by atoms with E-state index >= 15 is 0 Å². The van der Waals surface area contributed by atoms with Crippen LogP contribution >= 0.6 is 11.6 Å². The maximum atomic E-state index is 12.0. The van der Waals surface area contributed by atoms with Crippen molar-refractivity contribution in [1.29, 1.82) is 0 Å². The quantitative estimate of drug-likeness (QED) is 0.873. The summed E-state index contributed by atoms with van der Waals surface area (Å²) >= 11 is 5.92. The van der Waals surface area contributed by atoms with Gasteiger partial charge in [0.2, 0.25) is 5.88 Å². The lowest BCUT2D eigenvalue weighted by molar-refractivity contribution is 0.288. The number of hydrogen-bond acceptors (Lipinski definition) is 3. The molecule has 0 amide bonds. The van der Waals surface area contributed by atoms with E-state index in [1.165, 1.54) is 6.07 Å². The SMILES string of the molecule is O=c1cc(OCc2cccc(Cl)c2)nc2n1CCCC2. The molecule has 0 aliphatic carbocycles. The van der Waals surface area contributed by atoms with Gasteiger partial charge in [0, 0.05) is 18.0 Å². The smallest absolute Gasteiger partial charge is 0.257 e. The highest BCUT2D eigenvalue weighted by molar-refractivity contribution is 6.30. The number of rotatable bonds is 3. The summed E-state index contributed by atoms with van der Waals surface area (Å²) < 4.78 is 7.34. The molecular formula is C15H15ClN2O2. The van der Waals surface area contributed by atoms with Gasteiger partial charge in [-0.15, -0.1) is 0 Å². The van der Waals surface area contributed by atoms with Crippen LogP contribution < -0.4 is 10.3 Å². The summed E-state index contributed by atoms with van der Waals surface area (Å²) in [6, 6.07) is 8.91. The average molecular weight is 291 g/mol. The van der Waals surface area contributed by atoms with Crippen molar-refractivity contribution >= 4 is 11.6 Å². The monoisotopic (exact) mass is 290 g/mol. The number of ether oxygens (including phenoxy) is 1. The first-order valence-corrected chi connectivity index (χ1v) is 7.08. The van der Waals surface area contributed by atoms with E-state index in [0.29, 0.717) is 17.5 Å². The van der Waals surface area contributed by atoms with Crippen molar-refractivity contribution in [3.05, 3.63) is 57.1 Å². The molecule has 5 heteroatoms. The van der Waals surface area contributed by atoms with Gasteiger partial charge in [-0.3, -0.25) is 9.36 Å². The largest absolute Gasteiger partial charge is 0.473 e. The number of aryl methyl sites for hydroxylation is 1. The summed E-state index contributed by atoms with van der Waals surface area (Å²) in [6.45, 7) is 1.12. The molecule has 0 fully saturated rings. The molecule has 0 radical (unpaired) electrons. The Kier molecular flexibility index (Phi) is 3.74. The van der Waals surface area contributed by atoms with Crippen LogP contribution in [0.1, 0.15) is 24.2 Å². The molecule has 0 N–H and O–H groups in total. The van der Waals surface area contributed by atoms with Crippen LogP contribution in [0, 0.1) is 0 Å². The average Bonchev–Trinajstić information content (AvgIpc) is 2.45. The standard InChI is InChI=1S/C15H15ClN2O2/c16-12-5-3-4-11(8-12)10-20-14-9-15(19)18-7-2-1-6-13(18)17-14/h3-5,8-9H,1-2,6-7,10H2. The van der Waals surface area contributed by atoms with Crippen LogP contribution in [0.15, 0.2) is 35.1 Å². The lowest BCUT2D eigenvalue weighted by Crippen LogP contribution is -2.27. The molecule has 0 saturated heterocycles. The molecule has 1 aliphatic heterocycles. The molecular weight excluding hydrogens is 276 g/mol. The van der Waals surface area contributed by atoms with E-state index < -0.39 is 0 Å². The molecule has 3 rings (SSSR count). The van der Waals surface area contributed by atoms with Crippen LogP contribution in [0.5, 0.6) is 5.88 Å². The molecule has 1 aromatic carbocycles. The lowest BCUT2D eigenvalue weighted by atomic mass is 10.1. The van der Waals surface area contributed by atoms with Crippen molar-refractivity contribution < 1.29 is 4.74 Å². The molecule has 104 valence electrons. The Morgan fingerprint density at radius 3 is 3.05 bits per heavy atom. The molecule has 0 spiro atoms. The summed E-state index contributed by atoms with van der Waals surface area (Å²) in [5.41, 5.74) is 0.924. The van der Waals surface area contributed by atoms with Crippen molar-refractivity contribution in [2.75, 3.05) is 0 Å². The van der Waals surface area contributed by atoms with Gasteiger partial charge in [-0.2, -0.15) is 4.98 Å². The number of fused-ring (bicyclic) bond motifs is 1. The van der Waals surface area contributed by atoms with Gasteiger partial charge in [0.15, 0.2) is 0 Å². The maximum Gasteiger partial charge on any atom is 0.257 e. The molecule has 2 heterocycles. The highest BCUT2D eigenvalue weighted by Gasteiger charge is 2.13. The van der Waals surface area contributed by atoms with E-state index in [9.17, 15) is 4.79 Å². The van der Waals surface area contributed by atoms with E-state index in [1.807, 2.05) is 24.3 Å². The van der Waals surface area contributed by atoms with Crippen molar-refractivity contribution in [2.24, 2.45) is 0 Å². The van der Waals surface area contributed by atoms with Crippen LogP contribution in [-0.2, 0) is 19.6 Å². The summed E-state index contributed by atoms with van der Waals surface area (Å²) in [5.74, 6) is 1.22. The zero-order valence-corrected chi connectivity index (χ0v) is 11.8. The van der Waals surface area contributed by atoms with Gasteiger partial charge in [-0.05, 0) is 30.5 Å². The first-order chi connectivity index (χ1) is 9.72. The zero-order chi connectivity index (χ0) is 13.9. The normalized spacial score (nSPS) is 13.8. The van der Waals surface area contributed by atoms with Crippen LogP contribution in [-0.4, -0.2) is 9.55 Å². The summed E-state index contributed by atoms with van der Waals surface area (Å²) in [4.78, 5) is 16.4. The van der Waals surface area contributed by atoms with E-state index in [-0.39, 0.29) is 5.56 Å². The predicted octanol–water partition coefficient (Wildman–Crippen LogP) is 2.81. The second-order valence-electron chi connectivity index (χ2n) is 4.88. The van der Waals surface area contributed by atoms with Crippen molar-refractivity contribution in [3.63, 3.8) is 0 Å². The van der Waals surface area contributed by atoms with Gasteiger partial charge in [-0.1, -0.05) is 23.7 Å². The fraction of sp³-hybridized carbons (Fsp3) is 0.333. The number of hydrogen-bond donors (Lipinski definition) is 0. The Balaban J connectivity index is 1.78. The van der Waals surface area contributed by atoms with E-state index in [0.717, 1.165) is 37.2 Å². The Morgan fingerprint density at radius 2 is 2.20 bits per heavy atom.